The van der Waals surface area contributed by atoms with Gasteiger partial charge >= 0.3 is 5.97 Å². The van der Waals surface area contributed by atoms with Crippen molar-refractivity contribution < 1.29 is 28.3 Å². The van der Waals surface area contributed by atoms with Gasteiger partial charge in [0.1, 0.15) is 23.0 Å². The lowest BCUT2D eigenvalue weighted by Crippen LogP contribution is -2.39. The summed E-state index contributed by atoms with van der Waals surface area (Å²) in [5.41, 5.74) is 1.26. The van der Waals surface area contributed by atoms with E-state index in [1.165, 1.54) is 29.9 Å². The molecule has 11 nitrogen and oxygen atoms in total. The van der Waals surface area contributed by atoms with Gasteiger partial charge in [0.25, 0.3) is 11.2 Å². The molecule has 1 aliphatic heterocycles. The van der Waals surface area contributed by atoms with Crippen molar-refractivity contribution in [1.29, 1.82) is 0 Å². The van der Waals surface area contributed by atoms with Crippen molar-refractivity contribution in [2.45, 2.75) is 19.9 Å². The first-order valence-corrected chi connectivity index (χ1v) is 14.2. The lowest BCUT2D eigenvalue weighted by Gasteiger charge is -2.25. The maximum Gasteiger partial charge on any atom is 0.338 e. The maximum atomic E-state index is 13.9. The van der Waals surface area contributed by atoms with Crippen molar-refractivity contribution in [3.63, 3.8) is 0 Å². The highest BCUT2D eigenvalue weighted by Gasteiger charge is 2.33. The molecule has 0 saturated heterocycles. The number of hydrogen-bond acceptors (Lipinski definition) is 10. The number of rotatable bonds is 8. The number of nitro groups is 1. The van der Waals surface area contributed by atoms with Gasteiger partial charge in [-0.2, -0.15) is 0 Å². The van der Waals surface area contributed by atoms with Crippen LogP contribution in [0.15, 0.2) is 78.5 Å². The fourth-order valence-corrected chi connectivity index (χ4v) is 6.25. The predicted molar refractivity (Wildman–Crippen MR) is 158 cm³/mol. The quantitative estimate of drug-likeness (QED) is 0.151. The monoisotopic (exact) mass is 653 g/mol. The lowest BCUT2D eigenvalue weighted by atomic mass is 9.96. The second kappa shape index (κ2) is 11.8. The molecule has 0 radical (unpaired) electrons. The van der Waals surface area contributed by atoms with Crippen LogP contribution >= 0.6 is 27.3 Å². The Morgan fingerprint density at radius 1 is 1.17 bits per heavy atom. The Labute approximate surface area is 251 Å². The number of hydrogen-bond donors (Lipinski definition) is 0. The summed E-state index contributed by atoms with van der Waals surface area (Å²) >= 11 is 4.65. The molecule has 0 saturated carbocycles. The molecule has 0 N–H and O–H groups in total. The number of benzene rings is 2. The third-order valence-electron chi connectivity index (χ3n) is 6.57. The third-order valence-corrected chi connectivity index (χ3v) is 8.17. The molecular weight excluding hydrogens is 630 g/mol. The number of carbonyl (C=O) groups is 1. The van der Waals surface area contributed by atoms with E-state index < -0.39 is 16.9 Å². The highest BCUT2D eigenvalue weighted by molar-refractivity contribution is 9.10. The summed E-state index contributed by atoms with van der Waals surface area (Å²) < 4.78 is 24.5. The van der Waals surface area contributed by atoms with Crippen LogP contribution in [0, 0.1) is 10.1 Å². The average molecular weight is 654 g/mol. The molecule has 3 heterocycles. The van der Waals surface area contributed by atoms with Gasteiger partial charge < -0.3 is 18.6 Å². The van der Waals surface area contributed by atoms with Gasteiger partial charge in [-0.15, -0.1) is 0 Å². The molecule has 5 rings (SSSR count). The van der Waals surface area contributed by atoms with E-state index >= 15 is 0 Å². The highest BCUT2D eigenvalue weighted by Crippen LogP contribution is 2.36. The summed E-state index contributed by atoms with van der Waals surface area (Å²) in [5.74, 6) is 1.10. The smallest absolute Gasteiger partial charge is 0.338 e. The molecule has 0 aliphatic carbocycles. The van der Waals surface area contributed by atoms with E-state index in [1.807, 2.05) is 0 Å². The van der Waals surface area contributed by atoms with Crippen LogP contribution in [-0.4, -0.2) is 36.3 Å². The van der Waals surface area contributed by atoms with Gasteiger partial charge in [0, 0.05) is 18.2 Å². The van der Waals surface area contributed by atoms with Crippen LogP contribution in [-0.2, 0) is 9.53 Å². The first-order chi connectivity index (χ1) is 20.2. The lowest BCUT2D eigenvalue weighted by molar-refractivity contribution is -0.384. The number of carbonyl (C=O) groups excluding carboxylic acids is 1. The molecule has 4 aromatic rings. The van der Waals surface area contributed by atoms with Crippen LogP contribution in [0.1, 0.15) is 31.2 Å². The molecule has 0 bridgehead atoms. The number of nitro benzene ring substituents is 1. The Hall–Kier alpha value is -4.49. The molecule has 0 amide bonds. The van der Waals surface area contributed by atoms with Gasteiger partial charge in [0.15, 0.2) is 4.80 Å². The zero-order valence-electron chi connectivity index (χ0n) is 22.9. The van der Waals surface area contributed by atoms with Crippen LogP contribution in [0.25, 0.3) is 17.4 Å². The van der Waals surface area contributed by atoms with Crippen molar-refractivity contribution >= 4 is 45.0 Å². The van der Waals surface area contributed by atoms with Crippen molar-refractivity contribution in [3.05, 3.63) is 105 Å². The Bertz CT molecular complexity index is 1940. The van der Waals surface area contributed by atoms with Crippen LogP contribution in [0.5, 0.6) is 11.5 Å². The molecule has 2 aromatic carbocycles. The number of methoxy groups -OCH3 is 2. The summed E-state index contributed by atoms with van der Waals surface area (Å²) in [6, 6.07) is 12.0. The Morgan fingerprint density at radius 3 is 2.57 bits per heavy atom. The van der Waals surface area contributed by atoms with Crippen LogP contribution in [0.3, 0.4) is 0 Å². The number of halogens is 1. The summed E-state index contributed by atoms with van der Waals surface area (Å²) in [6.07, 6.45) is 1.57. The summed E-state index contributed by atoms with van der Waals surface area (Å²) in [5, 5.41) is 11.3. The number of furan rings is 1. The SMILES string of the molecule is CCOC(=O)C1=C(C)N=c2s/c(=C/c3ccc(-c4cc([N+](=O)[O-])ccc4OC)o3)c(=O)n2[C@H]1c1ccc(OC)c(Br)c1. The molecule has 216 valence electrons. The normalized spacial score (nSPS) is 14.8. The van der Waals surface area contributed by atoms with Crippen LogP contribution in [0.4, 0.5) is 5.69 Å². The van der Waals surface area contributed by atoms with Gasteiger partial charge in [-0.3, -0.25) is 19.5 Å². The van der Waals surface area contributed by atoms with E-state index in [0.717, 1.165) is 11.3 Å². The molecule has 1 atom stereocenters. The number of thiazole rings is 1. The minimum Gasteiger partial charge on any atom is -0.496 e. The van der Waals surface area contributed by atoms with E-state index in [0.29, 0.717) is 53.6 Å². The fourth-order valence-electron chi connectivity index (χ4n) is 4.67. The zero-order chi connectivity index (χ0) is 30.1. The summed E-state index contributed by atoms with van der Waals surface area (Å²) in [4.78, 5) is 42.8. The molecular formula is C29H24BrN3O8S. The van der Waals surface area contributed by atoms with Crippen molar-refractivity contribution in [1.82, 2.24) is 4.57 Å². The standard InChI is InChI=1S/C29H24BrN3O8S/c1-5-40-28(35)25-15(2)31-29-32(26(25)16-6-9-23(39-4)20(30)12-16)27(34)24(42-29)14-18-8-11-22(41-18)19-13-17(33(36)37)7-10-21(19)38-3/h6-14,26H,5H2,1-4H3/b24-14+/t26-/m0/s1. The Balaban J connectivity index is 1.64. The predicted octanol–water partition coefficient (Wildman–Crippen LogP) is 4.75. The Morgan fingerprint density at radius 2 is 1.90 bits per heavy atom. The molecule has 0 spiro atoms. The average Bonchev–Trinajstić information content (AvgIpc) is 3.55. The molecule has 1 aliphatic rings. The number of fused-ring (bicyclic) bond motifs is 1. The van der Waals surface area contributed by atoms with Crippen LogP contribution in [0.2, 0.25) is 0 Å². The number of ether oxygens (including phenoxy) is 3. The van der Waals surface area contributed by atoms with E-state index in [-0.39, 0.29) is 23.4 Å². The second-order valence-corrected chi connectivity index (χ2v) is 10.9. The first kappa shape index (κ1) is 29.0. The highest BCUT2D eigenvalue weighted by atomic mass is 79.9. The Kier molecular flexibility index (Phi) is 8.14. The van der Waals surface area contributed by atoms with Gasteiger partial charge in [0.2, 0.25) is 0 Å². The zero-order valence-corrected chi connectivity index (χ0v) is 25.3. The summed E-state index contributed by atoms with van der Waals surface area (Å²) in [6.45, 7) is 3.58. The van der Waals surface area contributed by atoms with E-state index in [1.54, 1.807) is 57.4 Å². The van der Waals surface area contributed by atoms with Crippen molar-refractivity contribution in [3.8, 4) is 22.8 Å². The van der Waals surface area contributed by atoms with Gasteiger partial charge in [-0.05, 0) is 65.7 Å². The number of nitrogens with zero attached hydrogens (tertiary/aromatic N) is 3. The maximum absolute atomic E-state index is 13.9. The first-order valence-electron chi connectivity index (χ1n) is 12.6. The minimum atomic E-state index is -0.800. The molecule has 13 heteroatoms. The van der Waals surface area contributed by atoms with E-state index in [9.17, 15) is 19.7 Å². The largest absolute Gasteiger partial charge is 0.496 e. The number of esters is 1. The van der Waals surface area contributed by atoms with Gasteiger partial charge in [-0.1, -0.05) is 17.4 Å². The van der Waals surface area contributed by atoms with Crippen molar-refractivity contribution in [2.75, 3.05) is 20.8 Å². The fraction of sp³-hybridized carbons (Fsp3) is 0.207. The molecule has 2 aromatic heterocycles. The van der Waals surface area contributed by atoms with Crippen LogP contribution < -0.4 is 24.4 Å². The van der Waals surface area contributed by atoms with Gasteiger partial charge in [-0.25, -0.2) is 9.79 Å². The molecule has 0 unspecified atom stereocenters. The molecule has 0 fully saturated rings. The minimum absolute atomic E-state index is 0.116. The number of allylic oxidation sites excluding steroid dienone is 1. The summed E-state index contributed by atoms with van der Waals surface area (Å²) in [7, 11) is 3.01. The van der Waals surface area contributed by atoms with E-state index in [4.69, 9.17) is 18.6 Å². The van der Waals surface area contributed by atoms with Crippen molar-refractivity contribution in [2.24, 2.45) is 4.99 Å². The second-order valence-electron chi connectivity index (χ2n) is 9.04. The van der Waals surface area contributed by atoms with E-state index in [2.05, 4.69) is 20.9 Å². The third kappa shape index (κ3) is 5.28. The van der Waals surface area contributed by atoms with Gasteiger partial charge in [0.05, 0.1) is 57.6 Å². The number of aromatic nitrogens is 1. The number of non-ortho nitro benzene ring substituents is 1. The molecule has 42 heavy (non-hydrogen) atoms. The topological polar surface area (TPSA) is 135 Å².